The van der Waals surface area contributed by atoms with Crippen molar-refractivity contribution in [1.29, 1.82) is 0 Å². The first-order chi connectivity index (χ1) is 13.7. The van der Waals surface area contributed by atoms with Crippen molar-refractivity contribution >= 4 is 29.3 Å². The van der Waals surface area contributed by atoms with Crippen LogP contribution >= 0.6 is 0 Å². The average Bonchev–Trinajstić information content (AvgIpc) is 2.89. The van der Waals surface area contributed by atoms with Crippen LogP contribution in [0.1, 0.15) is 67.7 Å². The van der Waals surface area contributed by atoms with Crippen LogP contribution in [-0.4, -0.2) is 60.0 Å². The minimum Gasteiger partial charge on any atom is -0.379 e. The van der Waals surface area contributed by atoms with Crippen LogP contribution in [0.2, 0.25) is 0 Å². The quantitative estimate of drug-likeness (QED) is 0.424. The molecule has 0 spiro atoms. The third kappa shape index (κ3) is 7.31. The molecule has 1 saturated heterocycles. The highest BCUT2D eigenvalue weighted by Gasteiger charge is 2.48. The van der Waals surface area contributed by atoms with Crippen LogP contribution in [-0.2, 0) is 28.7 Å². The summed E-state index contributed by atoms with van der Waals surface area (Å²) >= 11 is 0. The Hall–Kier alpha value is -2.09. The Kier molecular flexibility index (Phi) is 8.90. The summed E-state index contributed by atoms with van der Waals surface area (Å²) in [5.74, 6) is -2.12. The summed E-state index contributed by atoms with van der Waals surface area (Å²) in [5.41, 5.74) is -0.839. The average molecular weight is 425 g/mol. The van der Waals surface area contributed by atoms with Crippen LogP contribution in [0.25, 0.3) is 0 Å². The summed E-state index contributed by atoms with van der Waals surface area (Å²) in [7, 11) is 0. The number of hydrogen-bond donors (Lipinski definition) is 1. The van der Waals surface area contributed by atoms with Crippen LogP contribution < -0.4 is 5.32 Å². The van der Waals surface area contributed by atoms with Gasteiger partial charge in [0.05, 0.1) is 19.1 Å². The second-order valence-corrected chi connectivity index (χ2v) is 9.97. The molecule has 0 aromatic heterocycles. The Morgan fingerprint density at radius 1 is 1.10 bits per heavy atom. The Balaban J connectivity index is 2.64. The number of carbonyl (C=O) groups is 5. The summed E-state index contributed by atoms with van der Waals surface area (Å²) in [6.45, 7) is 13.0. The van der Waals surface area contributed by atoms with Gasteiger partial charge in [0.25, 0.3) is 0 Å². The van der Waals surface area contributed by atoms with Crippen LogP contribution in [0.15, 0.2) is 0 Å². The number of nitrogens with zero attached hydrogens (tertiary/aromatic N) is 1. The minimum absolute atomic E-state index is 0.0366. The van der Waals surface area contributed by atoms with Gasteiger partial charge < -0.3 is 10.1 Å². The van der Waals surface area contributed by atoms with E-state index in [0.29, 0.717) is 0 Å². The van der Waals surface area contributed by atoms with Crippen molar-refractivity contribution in [2.45, 2.75) is 73.8 Å². The number of Topliss-reactive ketones (excluding diaryl/α,β-unsaturated/α-hetero) is 2. The SMILES string of the molecule is CC(=O)CC(C(=O)NCCOCCC(=O)C(C)(C)C)N1C(=O)CC(C(C)(C)C)C1=O. The van der Waals surface area contributed by atoms with E-state index in [4.69, 9.17) is 4.74 Å². The van der Waals surface area contributed by atoms with Crippen molar-refractivity contribution in [2.75, 3.05) is 19.8 Å². The van der Waals surface area contributed by atoms with E-state index in [1.54, 1.807) is 0 Å². The summed E-state index contributed by atoms with van der Waals surface area (Å²) < 4.78 is 5.39. The molecule has 0 aliphatic carbocycles. The first-order valence-electron chi connectivity index (χ1n) is 10.4. The Labute approximate surface area is 179 Å². The van der Waals surface area contributed by atoms with Crippen LogP contribution in [0.4, 0.5) is 0 Å². The molecule has 1 N–H and O–H groups in total. The van der Waals surface area contributed by atoms with Gasteiger partial charge in [0, 0.05) is 31.2 Å². The van der Waals surface area contributed by atoms with Crippen molar-refractivity contribution in [3.05, 3.63) is 0 Å². The molecular formula is C22H36N2O6. The second kappa shape index (κ2) is 10.3. The molecule has 0 aromatic carbocycles. The van der Waals surface area contributed by atoms with Crippen molar-refractivity contribution in [1.82, 2.24) is 10.2 Å². The summed E-state index contributed by atoms with van der Waals surface area (Å²) in [4.78, 5) is 62.4. The molecule has 0 bridgehead atoms. The van der Waals surface area contributed by atoms with Gasteiger partial charge in [-0.25, -0.2) is 0 Å². The van der Waals surface area contributed by atoms with Gasteiger partial charge in [0.15, 0.2) is 0 Å². The lowest BCUT2D eigenvalue weighted by atomic mass is 9.80. The van der Waals surface area contributed by atoms with E-state index in [2.05, 4.69) is 5.32 Å². The van der Waals surface area contributed by atoms with E-state index in [0.717, 1.165) is 4.90 Å². The maximum absolute atomic E-state index is 12.8. The predicted molar refractivity (Wildman–Crippen MR) is 111 cm³/mol. The molecule has 8 heteroatoms. The standard InChI is InChI=1S/C22H36N2O6/c1-14(25)12-16(24-18(27)13-15(20(24)29)21(2,3)4)19(28)23-9-11-30-10-8-17(26)22(5,6)7/h15-16H,8-13H2,1-7H3,(H,23,28). The Morgan fingerprint density at radius 3 is 2.17 bits per heavy atom. The van der Waals surface area contributed by atoms with Crippen molar-refractivity contribution in [2.24, 2.45) is 16.7 Å². The van der Waals surface area contributed by atoms with Crippen LogP contribution in [0, 0.1) is 16.7 Å². The van der Waals surface area contributed by atoms with Gasteiger partial charge in [0.1, 0.15) is 17.6 Å². The lowest BCUT2D eigenvalue weighted by Gasteiger charge is -2.28. The Bertz CT molecular complexity index is 687. The van der Waals surface area contributed by atoms with Gasteiger partial charge in [-0.2, -0.15) is 0 Å². The molecule has 0 radical (unpaired) electrons. The first-order valence-corrected chi connectivity index (χ1v) is 10.4. The monoisotopic (exact) mass is 424 g/mol. The fraction of sp³-hybridized carbons (Fsp3) is 0.773. The lowest BCUT2D eigenvalue weighted by molar-refractivity contribution is -0.149. The van der Waals surface area contributed by atoms with Crippen molar-refractivity contribution < 1.29 is 28.7 Å². The smallest absolute Gasteiger partial charge is 0.243 e. The molecule has 30 heavy (non-hydrogen) atoms. The van der Waals surface area contributed by atoms with E-state index < -0.39 is 40.5 Å². The molecule has 2 unspecified atom stereocenters. The number of hydrogen-bond acceptors (Lipinski definition) is 6. The molecule has 8 nitrogen and oxygen atoms in total. The molecule has 1 aliphatic heterocycles. The topological polar surface area (TPSA) is 110 Å². The molecule has 1 heterocycles. The Morgan fingerprint density at radius 2 is 1.70 bits per heavy atom. The fourth-order valence-electron chi connectivity index (χ4n) is 3.23. The normalized spacial score (nSPS) is 18.5. The van der Waals surface area contributed by atoms with E-state index in [9.17, 15) is 24.0 Å². The minimum atomic E-state index is -1.16. The number of likely N-dealkylation sites (tertiary alicyclic amines) is 1. The summed E-state index contributed by atoms with van der Waals surface area (Å²) in [6.07, 6.45) is 0.103. The van der Waals surface area contributed by atoms with E-state index in [1.165, 1.54) is 6.92 Å². The highest BCUT2D eigenvalue weighted by molar-refractivity contribution is 6.08. The number of ketones is 2. The number of ether oxygens (including phenoxy) is 1. The molecule has 0 aromatic rings. The van der Waals surface area contributed by atoms with Gasteiger partial charge in [-0.05, 0) is 12.3 Å². The summed E-state index contributed by atoms with van der Waals surface area (Å²) in [6, 6.07) is -1.16. The highest BCUT2D eigenvalue weighted by atomic mass is 16.5. The summed E-state index contributed by atoms with van der Waals surface area (Å²) in [5, 5.41) is 2.63. The fourth-order valence-corrected chi connectivity index (χ4v) is 3.23. The van der Waals surface area contributed by atoms with Gasteiger partial charge in [0.2, 0.25) is 17.7 Å². The molecule has 1 aliphatic rings. The van der Waals surface area contributed by atoms with E-state index >= 15 is 0 Å². The number of carbonyl (C=O) groups excluding carboxylic acids is 5. The predicted octanol–water partition coefficient (Wildman–Crippen LogP) is 1.89. The number of imide groups is 1. The van der Waals surface area contributed by atoms with Crippen molar-refractivity contribution in [3.63, 3.8) is 0 Å². The zero-order chi connectivity index (χ0) is 23.3. The van der Waals surface area contributed by atoms with Gasteiger partial charge >= 0.3 is 0 Å². The second-order valence-electron chi connectivity index (χ2n) is 9.97. The zero-order valence-electron chi connectivity index (χ0n) is 19.3. The van der Waals surface area contributed by atoms with Crippen LogP contribution in [0.3, 0.4) is 0 Å². The molecular weight excluding hydrogens is 388 g/mol. The highest BCUT2D eigenvalue weighted by Crippen LogP contribution is 2.36. The first kappa shape index (κ1) is 25.9. The molecule has 2 atom stereocenters. The number of amides is 3. The number of nitrogens with one attached hydrogen (secondary N) is 1. The van der Waals surface area contributed by atoms with Gasteiger partial charge in [-0.15, -0.1) is 0 Å². The third-order valence-electron chi connectivity index (χ3n) is 5.18. The van der Waals surface area contributed by atoms with Gasteiger partial charge in [-0.3, -0.25) is 28.9 Å². The van der Waals surface area contributed by atoms with Crippen LogP contribution in [0.5, 0.6) is 0 Å². The third-order valence-corrected chi connectivity index (χ3v) is 5.18. The van der Waals surface area contributed by atoms with Gasteiger partial charge in [-0.1, -0.05) is 41.5 Å². The maximum Gasteiger partial charge on any atom is 0.243 e. The molecule has 170 valence electrons. The molecule has 1 fully saturated rings. The maximum atomic E-state index is 12.8. The number of rotatable bonds is 10. The molecule has 1 rings (SSSR count). The van der Waals surface area contributed by atoms with Crippen molar-refractivity contribution in [3.8, 4) is 0 Å². The van der Waals surface area contributed by atoms with E-state index in [-0.39, 0.29) is 50.6 Å². The largest absolute Gasteiger partial charge is 0.379 e. The molecule has 0 saturated carbocycles. The lowest BCUT2D eigenvalue weighted by Crippen LogP contribution is -2.51. The van der Waals surface area contributed by atoms with E-state index in [1.807, 2.05) is 41.5 Å². The molecule has 3 amide bonds. The zero-order valence-corrected chi connectivity index (χ0v) is 19.3.